The van der Waals surface area contributed by atoms with Crippen molar-refractivity contribution in [1.29, 1.82) is 0 Å². The molecule has 1 aliphatic rings. The molecular formula is C15H26IN5O. The summed E-state index contributed by atoms with van der Waals surface area (Å²) in [4.78, 5) is 11.1. The van der Waals surface area contributed by atoms with Crippen molar-refractivity contribution in [2.24, 2.45) is 10.7 Å². The van der Waals surface area contributed by atoms with E-state index in [0.717, 1.165) is 24.5 Å². The fraction of sp³-hybridized carbons (Fsp3) is 0.600. The van der Waals surface area contributed by atoms with Crippen LogP contribution >= 0.6 is 24.0 Å². The van der Waals surface area contributed by atoms with Gasteiger partial charge < -0.3 is 20.7 Å². The molecule has 1 aliphatic heterocycles. The number of hydrogen-bond acceptors (Lipinski definition) is 4. The van der Waals surface area contributed by atoms with Crippen molar-refractivity contribution in [3.8, 4) is 0 Å². The number of nitrogens with zero attached hydrogens (tertiary/aromatic N) is 3. The molecule has 22 heavy (non-hydrogen) atoms. The van der Waals surface area contributed by atoms with E-state index in [2.05, 4.69) is 26.3 Å². The number of methoxy groups -OCH3 is 1. The number of aromatic nitrogens is 1. The highest BCUT2D eigenvalue weighted by atomic mass is 127. The largest absolute Gasteiger partial charge is 0.383 e. The molecule has 1 aromatic heterocycles. The molecular weight excluding hydrogens is 393 g/mol. The number of anilines is 1. The first kappa shape index (κ1) is 19.0. The quantitative estimate of drug-likeness (QED) is 0.418. The summed E-state index contributed by atoms with van der Waals surface area (Å²) in [5.74, 6) is 1.48. The minimum atomic E-state index is 0. The van der Waals surface area contributed by atoms with E-state index in [1.54, 1.807) is 7.11 Å². The molecule has 2 rings (SSSR count). The lowest BCUT2D eigenvalue weighted by Crippen LogP contribution is -2.40. The van der Waals surface area contributed by atoms with Crippen LogP contribution in [0.1, 0.15) is 25.3 Å². The zero-order chi connectivity index (χ0) is 15.1. The van der Waals surface area contributed by atoms with E-state index in [4.69, 9.17) is 10.5 Å². The topological polar surface area (TPSA) is 75.8 Å². The van der Waals surface area contributed by atoms with Gasteiger partial charge in [0.25, 0.3) is 0 Å². The number of nitrogens with one attached hydrogen (secondary N) is 1. The first-order valence-electron chi connectivity index (χ1n) is 7.44. The number of aliphatic imine (C=N–C) groups is 1. The van der Waals surface area contributed by atoms with Crippen LogP contribution in [0.4, 0.5) is 5.82 Å². The fourth-order valence-corrected chi connectivity index (χ4v) is 2.44. The van der Waals surface area contributed by atoms with Crippen molar-refractivity contribution < 1.29 is 4.74 Å². The Morgan fingerprint density at radius 1 is 1.50 bits per heavy atom. The molecule has 1 saturated heterocycles. The van der Waals surface area contributed by atoms with Gasteiger partial charge in [-0.15, -0.1) is 24.0 Å². The average Bonchev–Trinajstić information content (AvgIpc) is 3.00. The van der Waals surface area contributed by atoms with Gasteiger partial charge in [0.05, 0.1) is 13.2 Å². The van der Waals surface area contributed by atoms with E-state index in [-0.39, 0.29) is 30.0 Å². The molecule has 0 bridgehead atoms. The number of hydrogen-bond donors (Lipinski definition) is 2. The summed E-state index contributed by atoms with van der Waals surface area (Å²) < 4.78 is 5.05. The Labute approximate surface area is 149 Å². The van der Waals surface area contributed by atoms with E-state index in [1.165, 1.54) is 12.8 Å². The van der Waals surface area contributed by atoms with E-state index >= 15 is 0 Å². The smallest absolute Gasteiger partial charge is 0.189 e. The molecule has 0 spiro atoms. The van der Waals surface area contributed by atoms with Gasteiger partial charge in [0, 0.05) is 32.4 Å². The normalized spacial score (nSPS) is 16.3. The van der Waals surface area contributed by atoms with Crippen LogP contribution in [0.3, 0.4) is 0 Å². The Morgan fingerprint density at radius 3 is 2.91 bits per heavy atom. The molecule has 124 valence electrons. The second-order valence-electron chi connectivity index (χ2n) is 5.42. The van der Waals surface area contributed by atoms with Gasteiger partial charge in [0.2, 0.25) is 0 Å². The number of guanidine groups is 1. The molecule has 0 amide bonds. The van der Waals surface area contributed by atoms with Crippen LogP contribution in [0.2, 0.25) is 0 Å². The maximum absolute atomic E-state index is 5.87. The van der Waals surface area contributed by atoms with Crippen molar-refractivity contribution in [1.82, 2.24) is 10.3 Å². The summed E-state index contributed by atoms with van der Waals surface area (Å²) in [6.07, 6.45) is 4.34. The number of pyridine rings is 1. The lowest BCUT2D eigenvalue weighted by molar-refractivity contribution is 0.179. The van der Waals surface area contributed by atoms with Crippen LogP contribution in [0.15, 0.2) is 23.3 Å². The third-order valence-electron chi connectivity index (χ3n) is 3.48. The Kier molecular flexibility index (Phi) is 8.47. The molecule has 0 aliphatic carbocycles. The molecule has 0 radical (unpaired) electrons. The van der Waals surface area contributed by atoms with Gasteiger partial charge >= 0.3 is 0 Å². The summed E-state index contributed by atoms with van der Waals surface area (Å²) in [6.45, 7) is 5.35. The third-order valence-corrected chi connectivity index (χ3v) is 3.48. The number of ether oxygens (including phenoxy) is 1. The highest BCUT2D eigenvalue weighted by molar-refractivity contribution is 14.0. The number of halogens is 1. The van der Waals surface area contributed by atoms with Gasteiger partial charge in [-0.05, 0) is 37.5 Å². The monoisotopic (exact) mass is 419 g/mol. The molecule has 1 aromatic rings. The fourth-order valence-electron chi connectivity index (χ4n) is 2.44. The van der Waals surface area contributed by atoms with E-state index in [1.807, 2.05) is 19.2 Å². The predicted octanol–water partition coefficient (Wildman–Crippen LogP) is 1.74. The minimum absolute atomic E-state index is 0. The van der Waals surface area contributed by atoms with E-state index in [0.29, 0.717) is 19.1 Å². The van der Waals surface area contributed by atoms with Crippen molar-refractivity contribution in [2.75, 3.05) is 31.7 Å². The lowest BCUT2D eigenvalue weighted by atomic mass is 10.2. The SMILES string of the molecule is COCC(C)NC(N)=NCc1ccnc(N2CCCC2)c1.I. The minimum Gasteiger partial charge on any atom is -0.383 e. The zero-order valence-corrected chi connectivity index (χ0v) is 15.6. The molecule has 6 nitrogen and oxygen atoms in total. The highest BCUT2D eigenvalue weighted by Crippen LogP contribution is 2.18. The third kappa shape index (κ3) is 5.96. The van der Waals surface area contributed by atoms with Crippen LogP contribution in [0.25, 0.3) is 0 Å². The molecule has 7 heteroatoms. The summed E-state index contributed by atoms with van der Waals surface area (Å²) in [5, 5.41) is 3.10. The zero-order valence-electron chi connectivity index (χ0n) is 13.3. The first-order valence-corrected chi connectivity index (χ1v) is 7.44. The molecule has 1 unspecified atom stereocenters. The molecule has 2 heterocycles. The molecule has 0 aromatic carbocycles. The molecule has 0 saturated carbocycles. The summed E-state index contributed by atoms with van der Waals surface area (Å²) >= 11 is 0. The predicted molar refractivity (Wildman–Crippen MR) is 101 cm³/mol. The summed E-state index contributed by atoms with van der Waals surface area (Å²) in [7, 11) is 1.67. The number of rotatable bonds is 6. The van der Waals surface area contributed by atoms with Crippen LogP contribution in [-0.4, -0.2) is 43.8 Å². The van der Waals surface area contributed by atoms with Gasteiger partial charge in [-0.2, -0.15) is 0 Å². The van der Waals surface area contributed by atoms with Gasteiger partial charge in [0.1, 0.15) is 5.82 Å². The first-order chi connectivity index (χ1) is 10.2. The summed E-state index contributed by atoms with van der Waals surface area (Å²) in [6, 6.07) is 4.23. The van der Waals surface area contributed by atoms with Crippen molar-refractivity contribution in [2.45, 2.75) is 32.4 Å². The van der Waals surface area contributed by atoms with Crippen molar-refractivity contribution in [3.05, 3.63) is 23.9 Å². The Bertz CT molecular complexity index is 477. The van der Waals surface area contributed by atoms with E-state index in [9.17, 15) is 0 Å². The van der Waals surface area contributed by atoms with E-state index < -0.39 is 0 Å². The van der Waals surface area contributed by atoms with Gasteiger partial charge in [0.15, 0.2) is 5.96 Å². The summed E-state index contributed by atoms with van der Waals surface area (Å²) in [5.41, 5.74) is 6.99. The Balaban J connectivity index is 0.00000242. The second-order valence-corrected chi connectivity index (χ2v) is 5.42. The van der Waals surface area contributed by atoms with Crippen LogP contribution in [-0.2, 0) is 11.3 Å². The molecule has 1 atom stereocenters. The van der Waals surface area contributed by atoms with Crippen LogP contribution < -0.4 is 16.0 Å². The maximum Gasteiger partial charge on any atom is 0.189 e. The maximum atomic E-state index is 5.87. The van der Waals surface area contributed by atoms with Crippen molar-refractivity contribution in [3.63, 3.8) is 0 Å². The number of nitrogens with two attached hydrogens (primary N) is 1. The van der Waals surface area contributed by atoms with Gasteiger partial charge in [-0.25, -0.2) is 9.98 Å². The molecule has 3 N–H and O–H groups in total. The Morgan fingerprint density at radius 2 is 2.23 bits per heavy atom. The Hall–Kier alpha value is -1.09. The van der Waals surface area contributed by atoms with Crippen LogP contribution in [0.5, 0.6) is 0 Å². The molecule has 1 fully saturated rings. The average molecular weight is 419 g/mol. The standard InChI is InChI=1S/C15H25N5O.HI/c1-12(11-21-2)19-15(16)18-10-13-5-6-17-14(9-13)20-7-3-4-8-20;/h5-6,9,12H,3-4,7-8,10-11H2,1-2H3,(H3,16,18,19);1H. The van der Waals surface area contributed by atoms with Crippen LogP contribution in [0, 0.1) is 0 Å². The van der Waals surface area contributed by atoms with Gasteiger partial charge in [-0.3, -0.25) is 0 Å². The lowest BCUT2D eigenvalue weighted by Gasteiger charge is -2.16. The van der Waals surface area contributed by atoms with Crippen molar-refractivity contribution >= 4 is 35.8 Å². The highest BCUT2D eigenvalue weighted by Gasteiger charge is 2.13. The van der Waals surface area contributed by atoms with Gasteiger partial charge in [-0.1, -0.05) is 0 Å². The second kappa shape index (κ2) is 9.83.